The molecule has 0 bridgehead atoms. The quantitative estimate of drug-likeness (QED) is 0.364. The molecule has 2 aromatic rings. The molecule has 0 saturated carbocycles. The van der Waals surface area contributed by atoms with Crippen molar-refractivity contribution in [1.82, 2.24) is 0 Å². The van der Waals surface area contributed by atoms with Gasteiger partial charge in [0.05, 0.1) is 13.7 Å². The normalized spacial score (nSPS) is 12.2. The summed E-state index contributed by atoms with van der Waals surface area (Å²) in [6.07, 6.45) is 4.41. The number of unbranched alkanes of at least 4 members (excludes halogenated alkanes) is 2. The van der Waals surface area contributed by atoms with Crippen LogP contribution in [0.3, 0.4) is 0 Å². The molecule has 34 heavy (non-hydrogen) atoms. The van der Waals surface area contributed by atoms with Gasteiger partial charge in [-0.25, -0.2) is 0 Å². The molecule has 0 radical (unpaired) electrons. The number of anilines is 1. The lowest BCUT2D eigenvalue weighted by Crippen LogP contribution is -2.22. The van der Waals surface area contributed by atoms with Crippen LogP contribution in [0.4, 0.5) is 5.69 Å². The first-order valence-electron chi connectivity index (χ1n) is 12.2. The number of nitrogens with one attached hydrogen (secondary N) is 1. The van der Waals surface area contributed by atoms with Crippen LogP contribution >= 0.6 is 0 Å². The van der Waals surface area contributed by atoms with E-state index < -0.39 is 5.91 Å². The molecular formula is C28H40N2O4. The van der Waals surface area contributed by atoms with E-state index in [1.165, 1.54) is 0 Å². The number of hydrogen-bond donors (Lipinski definition) is 2. The number of benzene rings is 2. The van der Waals surface area contributed by atoms with E-state index in [0.717, 1.165) is 48.3 Å². The van der Waals surface area contributed by atoms with Crippen LogP contribution in [0.25, 0.3) is 0 Å². The Hall–Kier alpha value is -3.02. The number of carbonyl (C=O) groups is 2. The first-order valence-corrected chi connectivity index (χ1v) is 12.2. The Morgan fingerprint density at radius 3 is 2.38 bits per heavy atom. The van der Waals surface area contributed by atoms with Crippen LogP contribution in [-0.4, -0.2) is 25.5 Å². The van der Waals surface area contributed by atoms with Gasteiger partial charge in [0.1, 0.15) is 11.5 Å². The Labute approximate surface area is 204 Å². The summed E-state index contributed by atoms with van der Waals surface area (Å²) in [6, 6.07) is 11.1. The van der Waals surface area contributed by atoms with E-state index in [4.69, 9.17) is 15.2 Å². The minimum atomic E-state index is -0.521. The van der Waals surface area contributed by atoms with E-state index in [0.29, 0.717) is 24.3 Å². The van der Waals surface area contributed by atoms with Gasteiger partial charge in [0.15, 0.2) is 0 Å². The van der Waals surface area contributed by atoms with Gasteiger partial charge in [-0.1, -0.05) is 59.1 Å². The maximum atomic E-state index is 13.3. The molecule has 0 aliphatic heterocycles. The number of rotatable bonds is 12. The molecule has 0 spiro atoms. The van der Waals surface area contributed by atoms with Crippen molar-refractivity contribution in [3.8, 4) is 11.5 Å². The van der Waals surface area contributed by atoms with Crippen molar-refractivity contribution in [2.75, 3.05) is 19.0 Å². The monoisotopic (exact) mass is 468 g/mol. The highest BCUT2D eigenvalue weighted by Crippen LogP contribution is 2.36. The van der Waals surface area contributed by atoms with Crippen molar-refractivity contribution in [2.45, 2.75) is 78.1 Å². The van der Waals surface area contributed by atoms with E-state index in [-0.39, 0.29) is 17.2 Å². The van der Waals surface area contributed by atoms with Gasteiger partial charge in [-0.2, -0.15) is 0 Å². The average molecular weight is 469 g/mol. The van der Waals surface area contributed by atoms with E-state index in [9.17, 15) is 9.59 Å². The van der Waals surface area contributed by atoms with Gasteiger partial charge >= 0.3 is 0 Å². The predicted molar refractivity (Wildman–Crippen MR) is 138 cm³/mol. The number of amides is 2. The average Bonchev–Trinajstić information content (AvgIpc) is 2.77. The zero-order chi connectivity index (χ0) is 25.3. The molecule has 1 unspecified atom stereocenters. The van der Waals surface area contributed by atoms with Crippen molar-refractivity contribution in [2.24, 2.45) is 5.73 Å². The molecule has 2 aromatic carbocycles. The maximum absolute atomic E-state index is 13.3. The second-order valence-electron chi connectivity index (χ2n) is 9.66. The van der Waals surface area contributed by atoms with Gasteiger partial charge in [0.25, 0.3) is 0 Å². The van der Waals surface area contributed by atoms with Crippen LogP contribution in [0.2, 0.25) is 0 Å². The Bertz CT molecular complexity index is 979. The number of hydrogen-bond acceptors (Lipinski definition) is 4. The summed E-state index contributed by atoms with van der Waals surface area (Å²) < 4.78 is 11.3. The predicted octanol–water partition coefficient (Wildman–Crippen LogP) is 6.18. The standard InChI is InChI=1S/C28H40N2O4/c1-7-9-10-11-19(22-14-13-21(34-8-2)18-25(22)33-6)17-26(31)30-24-16-20(27(29)32)12-15-23(24)28(3,4)5/h12-16,18-19H,7-11,17H2,1-6H3,(H2,29,32)(H,30,31). The Morgan fingerprint density at radius 1 is 1.06 bits per heavy atom. The van der Waals surface area contributed by atoms with Crippen LogP contribution < -0.4 is 20.5 Å². The summed E-state index contributed by atoms with van der Waals surface area (Å²) in [5.74, 6) is 0.843. The van der Waals surface area contributed by atoms with E-state index >= 15 is 0 Å². The van der Waals surface area contributed by atoms with Crippen LogP contribution in [0.1, 0.15) is 94.1 Å². The molecule has 0 aliphatic rings. The molecule has 1 atom stereocenters. The highest BCUT2D eigenvalue weighted by molar-refractivity contribution is 5.97. The second-order valence-corrected chi connectivity index (χ2v) is 9.66. The number of carbonyl (C=O) groups excluding carboxylic acids is 2. The molecule has 186 valence electrons. The van der Waals surface area contributed by atoms with E-state index in [1.54, 1.807) is 19.2 Å². The van der Waals surface area contributed by atoms with Crippen molar-refractivity contribution in [1.29, 1.82) is 0 Å². The summed E-state index contributed by atoms with van der Waals surface area (Å²) in [5, 5.41) is 3.06. The number of ether oxygens (including phenoxy) is 2. The number of primary amides is 1. The minimum absolute atomic E-state index is 0.00501. The van der Waals surface area contributed by atoms with Gasteiger partial charge < -0.3 is 20.5 Å². The fourth-order valence-electron chi connectivity index (χ4n) is 4.17. The minimum Gasteiger partial charge on any atom is -0.496 e. The van der Waals surface area contributed by atoms with E-state index in [2.05, 4.69) is 33.0 Å². The molecule has 3 N–H and O–H groups in total. The zero-order valence-electron chi connectivity index (χ0n) is 21.5. The fraction of sp³-hybridized carbons (Fsp3) is 0.500. The molecule has 0 heterocycles. The third kappa shape index (κ3) is 7.51. The Kier molecular flexibility index (Phi) is 9.97. The zero-order valence-corrected chi connectivity index (χ0v) is 21.5. The van der Waals surface area contributed by atoms with Crippen molar-refractivity contribution >= 4 is 17.5 Å². The molecular weight excluding hydrogens is 428 g/mol. The first kappa shape index (κ1) is 27.2. The van der Waals surface area contributed by atoms with Crippen LogP contribution in [0.5, 0.6) is 11.5 Å². The van der Waals surface area contributed by atoms with Gasteiger partial charge in [-0.15, -0.1) is 0 Å². The lowest BCUT2D eigenvalue weighted by atomic mass is 9.84. The molecule has 6 heteroatoms. The highest BCUT2D eigenvalue weighted by atomic mass is 16.5. The van der Waals surface area contributed by atoms with Crippen LogP contribution in [0, 0.1) is 0 Å². The molecule has 6 nitrogen and oxygen atoms in total. The summed E-state index contributed by atoms with van der Waals surface area (Å²) in [5.41, 5.74) is 8.22. The first-order chi connectivity index (χ1) is 16.1. The third-order valence-corrected chi connectivity index (χ3v) is 5.93. The maximum Gasteiger partial charge on any atom is 0.248 e. The lowest BCUT2D eigenvalue weighted by Gasteiger charge is -2.25. The van der Waals surface area contributed by atoms with Gasteiger partial charge in [0, 0.05) is 23.7 Å². The van der Waals surface area contributed by atoms with Crippen molar-refractivity contribution < 1.29 is 19.1 Å². The number of nitrogens with two attached hydrogens (primary N) is 1. The summed E-state index contributed by atoms with van der Waals surface area (Å²) in [4.78, 5) is 25.0. The molecule has 0 fully saturated rings. The fourth-order valence-corrected chi connectivity index (χ4v) is 4.17. The summed E-state index contributed by atoms with van der Waals surface area (Å²) >= 11 is 0. The van der Waals surface area contributed by atoms with Gasteiger partial charge in [0.2, 0.25) is 11.8 Å². The molecule has 2 amide bonds. The highest BCUT2D eigenvalue weighted by Gasteiger charge is 2.24. The third-order valence-electron chi connectivity index (χ3n) is 5.93. The lowest BCUT2D eigenvalue weighted by molar-refractivity contribution is -0.116. The second kappa shape index (κ2) is 12.4. The Balaban J connectivity index is 2.34. The topological polar surface area (TPSA) is 90.7 Å². The number of methoxy groups -OCH3 is 1. The smallest absolute Gasteiger partial charge is 0.248 e. The van der Waals surface area contributed by atoms with Crippen molar-refractivity contribution in [3.63, 3.8) is 0 Å². The summed E-state index contributed by atoms with van der Waals surface area (Å²) in [6.45, 7) is 10.9. The van der Waals surface area contributed by atoms with Crippen molar-refractivity contribution in [3.05, 3.63) is 53.1 Å². The SMILES string of the molecule is CCCCCC(CC(=O)Nc1cc(C(N)=O)ccc1C(C)(C)C)c1ccc(OCC)cc1OC. The van der Waals surface area contributed by atoms with Gasteiger partial charge in [-0.3, -0.25) is 9.59 Å². The molecule has 2 rings (SSSR count). The molecule has 0 aromatic heterocycles. The van der Waals surface area contributed by atoms with E-state index in [1.807, 2.05) is 31.2 Å². The largest absolute Gasteiger partial charge is 0.496 e. The van der Waals surface area contributed by atoms with Crippen LogP contribution in [-0.2, 0) is 10.2 Å². The van der Waals surface area contributed by atoms with Crippen LogP contribution in [0.15, 0.2) is 36.4 Å². The summed E-state index contributed by atoms with van der Waals surface area (Å²) in [7, 11) is 1.64. The van der Waals surface area contributed by atoms with Gasteiger partial charge in [-0.05, 0) is 54.0 Å². The Morgan fingerprint density at radius 2 is 1.79 bits per heavy atom. The molecule has 0 saturated heterocycles. The molecule has 0 aliphatic carbocycles.